The topological polar surface area (TPSA) is 85.7 Å². The fraction of sp³-hybridized carbons (Fsp3) is 0.133. The molecule has 5 N–H and O–H groups in total. The van der Waals surface area contributed by atoms with Gasteiger partial charge in [-0.2, -0.15) is 0 Å². The second-order valence-corrected chi connectivity index (χ2v) is 6.20. The molecule has 1 atom stereocenters. The van der Waals surface area contributed by atoms with Gasteiger partial charge in [-0.3, -0.25) is 5.73 Å². The van der Waals surface area contributed by atoms with Crippen molar-refractivity contribution < 1.29 is 4.74 Å². The fourth-order valence-corrected chi connectivity index (χ4v) is 3.21. The zero-order valence-corrected chi connectivity index (χ0v) is 14.1. The van der Waals surface area contributed by atoms with Crippen LogP contribution >= 0.6 is 27.5 Å². The minimum absolute atomic E-state index is 0.381. The summed E-state index contributed by atoms with van der Waals surface area (Å²) in [5.41, 5.74) is 13.9. The zero-order valence-electron chi connectivity index (χ0n) is 11.7. The first kappa shape index (κ1) is 15.1. The predicted octanol–water partition coefficient (Wildman–Crippen LogP) is 3.31. The van der Waals surface area contributed by atoms with Gasteiger partial charge in [0, 0.05) is 21.3 Å². The molecule has 0 fully saturated rings. The van der Waals surface area contributed by atoms with Crippen LogP contribution in [0, 0.1) is 0 Å². The molecule has 1 aliphatic heterocycles. The van der Waals surface area contributed by atoms with E-state index in [2.05, 4.69) is 26.2 Å². The highest BCUT2D eigenvalue weighted by Crippen LogP contribution is 2.45. The van der Waals surface area contributed by atoms with Gasteiger partial charge in [0.2, 0.25) is 0 Å². The van der Waals surface area contributed by atoms with Crippen molar-refractivity contribution in [2.24, 2.45) is 10.7 Å². The molecule has 0 saturated heterocycles. The van der Waals surface area contributed by atoms with Crippen LogP contribution < -0.4 is 21.5 Å². The van der Waals surface area contributed by atoms with Crippen LogP contribution in [0.25, 0.3) is 0 Å². The summed E-state index contributed by atoms with van der Waals surface area (Å²) in [6.07, 6.45) is 1.55. The number of benzene rings is 2. The smallest absolute Gasteiger partial charge is 0.168 e. The van der Waals surface area contributed by atoms with E-state index >= 15 is 0 Å². The van der Waals surface area contributed by atoms with E-state index in [1.54, 1.807) is 19.5 Å². The Bertz CT molecular complexity index is 780. The molecule has 1 heterocycles. The number of nitrogens with one attached hydrogen (secondary N) is 1. The molecule has 7 heteroatoms. The van der Waals surface area contributed by atoms with Crippen LogP contribution in [-0.2, 0) is 5.66 Å². The Hall–Kier alpha value is -1.76. The molecular formula is C15H14BrClN4O. The summed E-state index contributed by atoms with van der Waals surface area (Å²) in [7, 11) is 1.59. The van der Waals surface area contributed by atoms with Crippen molar-refractivity contribution >= 4 is 45.2 Å². The van der Waals surface area contributed by atoms with Crippen LogP contribution in [0.15, 0.2) is 39.8 Å². The van der Waals surface area contributed by atoms with Gasteiger partial charge < -0.3 is 15.8 Å². The van der Waals surface area contributed by atoms with Crippen molar-refractivity contribution in [1.29, 1.82) is 0 Å². The van der Waals surface area contributed by atoms with E-state index in [1.165, 1.54) is 0 Å². The number of aliphatic imine (C=N–C) groups is 1. The van der Waals surface area contributed by atoms with Crippen LogP contribution in [-0.4, -0.2) is 13.4 Å². The van der Waals surface area contributed by atoms with Crippen molar-refractivity contribution in [2.75, 3.05) is 18.2 Å². The molecule has 114 valence electrons. The molecule has 1 aliphatic rings. The molecular weight excluding hydrogens is 368 g/mol. The van der Waals surface area contributed by atoms with Gasteiger partial charge in [-0.25, -0.2) is 4.99 Å². The fourth-order valence-electron chi connectivity index (χ4n) is 2.54. The molecule has 2 aromatic carbocycles. The SMILES string of the molecule is COc1ccc(Br)cc1C1(N)N=CNc2ccc(N)c(Cl)c21. The van der Waals surface area contributed by atoms with Crippen molar-refractivity contribution in [2.45, 2.75) is 5.66 Å². The molecule has 0 radical (unpaired) electrons. The van der Waals surface area contributed by atoms with Gasteiger partial charge in [-0.15, -0.1) is 0 Å². The largest absolute Gasteiger partial charge is 0.496 e. The third-order valence-corrected chi connectivity index (χ3v) is 4.51. The summed E-state index contributed by atoms with van der Waals surface area (Å²) < 4.78 is 6.30. The van der Waals surface area contributed by atoms with Crippen molar-refractivity contribution in [3.05, 3.63) is 51.0 Å². The minimum atomic E-state index is -1.19. The average molecular weight is 382 g/mol. The second-order valence-electron chi connectivity index (χ2n) is 4.90. The first-order valence-corrected chi connectivity index (χ1v) is 7.66. The number of nitrogens with zero attached hydrogens (tertiary/aromatic N) is 1. The lowest BCUT2D eigenvalue weighted by Crippen LogP contribution is -2.40. The Kier molecular flexibility index (Phi) is 3.76. The number of nitrogens with two attached hydrogens (primary N) is 2. The minimum Gasteiger partial charge on any atom is -0.496 e. The molecule has 2 aromatic rings. The van der Waals surface area contributed by atoms with Crippen LogP contribution in [0.2, 0.25) is 5.02 Å². The van der Waals surface area contributed by atoms with Crippen LogP contribution in [0.5, 0.6) is 5.75 Å². The second kappa shape index (κ2) is 5.46. The van der Waals surface area contributed by atoms with E-state index in [0.29, 0.717) is 27.6 Å². The predicted molar refractivity (Wildman–Crippen MR) is 93.6 cm³/mol. The first-order valence-electron chi connectivity index (χ1n) is 6.49. The molecule has 3 rings (SSSR count). The van der Waals surface area contributed by atoms with E-state index in [9.17, 15) is 0 Å². The van der Waals surface area contributed by atoms with E-state index in [0.717, 1.165) is 10.2 Å². The lowest BCUT2D eigenvalue weighted by Gasteiger charge is -2.33. The summed E-state index contributed by atoms with van der Waals surface area (Å²) in [6.45, 7) is 0. The number of anilines is 2. The lowest BCUT2D eigenvalue weighted by atomic mass is 9.89. The maximum absolute atomic E-state index is 6.63. The molecule has 0 aromatic heterocycles. The summed E-state index contributed by atoms with van der Waals surface area (Å²) >= 11 is 9.86. The van der Waals surface area contributed by atoms with Gasteiger partial charge in [0.15, 0.2) is 5.66 Å². The van der Waals surface area contributed by atoms with E-state index in [-0.39, 0.29) is 0 Å². The quantitative estimate of drug-likeness (QED) is 0.697. The molecule has 0 spiro atoms. The third kappa shape index (κ3) is 2.24. The van der Waals surface area contributed by atoms with Crippen molar-refractivity contribution in [3.63, 3.8) is 0 Å². The average Bonchev–Trinajstić information content (AvgIpc) is 2.51. The Labute approximate surface area is 141 Å². The highest BCUT2D eigenvalue weighted by Gasteiger charge is 2.38. The standard InChI is InChI=1S/C15H14BrClN4O/c1-22-12-5-2-8(16)6-9(12)15(19)13-11(20-7-21-15)4-3-10(18)14(13)17/h2-7H,18-19H2,1H3,(H,20,21). The highest BCUT2D eigenvalue weighted by molar-refractivity contribution is 9.10. The van der Waals surface area contributed by atoms with Gasteiger partial charge in [-0.05, 0) is 30.3 Å². The van der Waals surface area contributed by atoms with Crippen LogP contribution in [0.4, 0.5) is 11.4 Å². The number of hydrogen-bond donors (Lipinski definition) is 3. The van der Waals surface area contributed by atoms with Crippen LogP contribution in [0.1, 0.15) is 11.1 Å². The normalized spacial score (nSPS) is 19.5. The molecule has 1 unspecified atom stereocenters. The third-order valence-electron chi connectivity index (χ3n) is 3.61. The number of nitrogen functional groups attached to an aromatic ring is 1. The summed E-state index contributed by atoms with van der Waals surface area (Å²) in [6, 6.07) is 9.12. The maximum atomic E-state index is 6.63. The van der Waals surface area contributed by atoms with Gasteiger partial charge >= 0.3 is 0 Å². The zero-order chi connectivity index (χ0) is 15.9. The van der Waals surface area contributed by atoms with Gasteiger partial charge in [-0.1, -0.05) is 27.5 Å². The summed E-state index contributed by atoms with van der Waals surface area (Å²) in [5, 5.41) is 3.42. The number of methoxy groups -OCH3 is 1. The number of hydrogen-bond acceptors (Lipinski definition) is 5. The van der Waals surface area contributed by atoms with Gasteiger partial charge in [0.05, 0.1) is 24.2 Å². The number of fused-ring (bicyclic) bond motifs is 1. The molecule has 5 nitrogen and oxygen atoms in total. The lowest BCUT2D eigenvalue weighted by molar-refractivity contribution is 0.396. The Morgan fingerprint density at radius 3 is 2.82 bits per heavy atom. The monoisotopic (exact) mass is 380 g/mol. The highest BCUT2D eigenvalue weighted by atomic mass is 79.9. The number of ether oxygens (including phenoxy) is 1. The first-order chi connectivity index (χ1) is 10.5. The molecule has 0 bridgehead atoms. The van der Waals surface area contributed by atoms with E-state index in [1.807, 2.05) is 24.3 Å². The molecule has 22 heavy (non-hydrogen) atoms. The Morgan fingerprint density at radius 1 is 1.32 bits per heavy atom. The van der Waals surface area contributed by atoms with Crippen LogP contribution in [0.3, 0.4) is 0 Å². The van der Waals surface area contributed by atoms with Crippen molar-refractivity contribution in [1.82, 2.24) is 0 Å². The molecule has 0 saturated carbocycles. The Balaban J connectivity index is 2.32. The van der Waals surface area contributed by atoms with Gasteiger partial charge in [0.1, 0.15) is 5.75 Å². The van der Waals surface area contributed by atoms with Gasteiger partial charge in [0.25, 0.3) is 0 Å². The van der Waals surface area contributed by atoms with E-state index in [4.69, 9.17) is 27.8 Å². The Morgan fingerprint density at radius 2 is 2.09 bits per heavy atom. The molecule has 0 amide bonds. The summed E-state index contributed by atoms with van der Waals surface area (Å²) in [5.74, 6) is 0.620. The van der Waals surface area contributed by atoms with Crippen molar-refractivity contribution in [3.8, 4) is 5.75 Å². The maximum Gasteiger partial charge on any atom is 0.168 e. The summed E-state index contributed by atoms with van der Waals surface area (Å²) in [4.78, 5) is 4.43. The number of halogens is 2. The molecule has 0 aliphatic carbocycles. The number of rotatable bonds is 2. The van der Waals surface area contributed by atoms with E-state index < -0.39 is 5.66 Å².